The molecular formula is C19H22N6O4S2. The summed E-state index contributed by atoms with van der Waals surface area (Å²) in [5.74, 6) is -0.0790. The summed E-state index contributed by atoms with van der Waals surface area (Å²) in [6.45, 7) is 0. The quantitative estimate of drug-likeness (QED) is 0.424. The topological polar surface area (TPSA) is 126 Å². The van der Waals surface area contributed by atoms with Crippen LogP contribution in [0.2, 0.25) is 0 Å². The molecule has 12 heteroatoms. The van der Waals surface area contributed by atoms with Crippen LogP contribution in [-0.2, 0) is 9.59 Å². The van der Waals surface area contributed by atoms with Crippen molar-refractivity contribution in [1.82, 2.24) is 25.9 Å². The van der Waals surface area contributed by atoms with Crippen LogP contribution in [0.1, 0.15) is 32.1 Å². The molecule has 0 unspecified atom stereocenters. The number of imide groups is 1. The molecular weight excluding hydrogens is 440 g/mol. The smallest absolute Gasteiger partial charge is 0.344 e. The third-order valence-corrected chi connectivity index (χ3v) is 7.15. The lowest BCUT2D eigenvalue weighted by Gasteiger charge is -2.30. The number of nitrogens with zero attached hydrogens (tertiary/aromatic N) is 3. The van der Waals surface area contributed by atoms with Gasteiger partial charge in [0.15, 0.2) is 4.34 Å². The van der Waals surface area contributed by atoms with Crippen molar-refractivity contribution in [2.24, 2.45) is 0 Å². The number of carbonyl (C=O) groups excluding carboxylic acids is 3. The van der Waals surface area contributed by atoms with Crippen LogP contribution in [0.25, 0.3) is 0 Å². The lowest BCUT2D eigenvalue weighted by Crippen LogP contribution is -2.51. The van der Waals surface area contributed by atoms with Gasteiger partial charge in [0.05, 0.1) is 12.9 Å². The molecule has 1 spiro atoms. The maximum absolute atomic E-state index is 12.7. The van der Waals surface area contributed by atoms with Crippen molar-refractivity contribution in [1.29, 1.82) is 0 Å². The maximum Gasteiger partial charge on any atom is 0.344 e. The Morgan fingerprint density at radius 1 is 1.23 bits per heavy atom. The van der Waals surface area contributed by atoms with Gasteiger partial charge in [-0.1, -0.05) is 42.4 Å². The lowest BCUT2D eigenvalue weighted by atomic mass is 9.82. The number of hydrogen-bond donors (Lipinski definition) is 3. The first-order chi connectivity index (χ1) is 15.0. The molecule has 1 saturated heterocycles. The Bertz CT molecular complexity index is 974. The summed E-state index contributed by atoms with van der Waals surface area (Å²) in [5.41, 5.74) is 2.39. The van der Waals surface area contributed by atoms with Crippen molar-refractivity contribution in [3.05, 3.63) is 24.3 Å². The van der Waals surface area contributed by atoms with Crippen molar-refractivity contribution < 1.29 is 19.1 Å². The highest BCUT2D eigenvalue weighted by Crippen LogP contribution is 2.33. The first kappa shape index (κ1) is 21.4. The number of nitrogens with one attached hydrogen (secondary N) is 3. The molecule has 0 bridgehead atoms. The molecule has 2 aromatic rings. The van der Waals surface area contributed by atoms with Gasteiger partial charge in [-0.05, 0) is 37.1 Å². The van der Waals surface area contributed by atoms with E-state index in [0.29, 0.717) is 22.3 Å². The number of thioether (sulfide) groups is 1. The molecule has 2 heterocycles. The Labute approximate surface area is 187 Å². The van der Waals surface area contributed by atoms with E-state index in [1.165, 1.54) is 23.1 Å². The predicted molar refractivity (Wildman–Crippen MR) is 116 cm³/mol. The number of hydrazine groups is 1. The van der Waals surface area contributed by atoms with Crippen LogP contribution in [0.5, 0.6) is 5.75 Å². The largest absolute Gasteiger partial charge is 0.497 e. The normalized spacial score (nSPS) is 17.5. The summed E-state index contributed by atoms with van der Waals surface area (Å²) in [4.78, 5) is 37.2. The van der Waals surface area contributed by atoms with Gasteiger partial charge in [0, 0.05) is 5.69 Å². The van der Waals surface area contributed by atoms with Crippen LogP contribution >= 0.6 is 23.1 Å². The molecule has 1 aromatic heterocycles. The van der Waals surface area contributed by atoms with Crippen molar-refractivity contribution in [2.75, 3.05) is 18.2 Å². The maximum atomic E-state index is 12.7. The second-order valence-corrected chi connectivity index (χ2v) is 9.46. The van der Waals surface area contributed by atoms with E-state index < -0.39 is 17.5 Å². The molecule has 2 fully saturated rings. The van der Waals surface area contributed by atoms with E-state index in [0.717, 1.165) is 35.7 Å². The zero-order chi connectivity index (χ0) is 21.8. The van der Waals surface area contributed by atoms with Gasteiger partial charge in [-0.2, -0.15) is 5.01 Å². The highest BCUT2D eigenvalue weighted by Gasteiger charge is 2.52. The monoisotopic (exact) mass is 462 g/mol. The van der Waals surface area contributed by atoms with Gasteiger partial charge in [-0.15, -0.1) is 10.2 Å². The summed E-state index contributed by atoms with van der Waals surface area (Å²) in [7, 11) is 1.60. The average molecular weight is 463 g/mol. The fourth-order valence-corrected chi connectivity index (χ4v) is 5.18. The number of ether oxygens (including phenoxy) is 1. The number of benzene rings is 1. The van der Waals surface area contributed by atoms with Crippen LogP contribution < -0.4 is 20.8 Å². The van der Waals surface area contributed by atoms with Crippen LogP contribution in [0.4, 0.5) is 15.6 Å². The van der Waals surface area contributed by atoms with E-state index in [2.05, 4.69) is 26.3 Å². The molecule has 10 nitrogen and oxygen atoms in total. The second kappa shape index (κ2) is 9.10. The van der Waals surface area contributed by atoms with Crippen LogP contribution in [-0.4, -0.2) is 51.5 Å². The molecule has 31 heavy (non-hydrogen) atoms. The Balaban J connectivity index is 1.28. The van der Waals surface area contributed by atoms with Gasteiger partial charge >= 0.3 is 6.03 Å². The predicted octanol–water partition coefficient (Wildman–Crippen LogP) is 2.67. The molecule has 4 amide bonds. The van der Waals surface area contributed by atoms with Crippen molar-refractivity contribution in [3.8, 4) is 5.75 Å². The summed E-state index contributed by atoms with van der Waals surface area (Å²) >= 11 is 2.48. The molecule has 2 aliphatic rings. The van der Waals surface area contributed by atoms with Gasteiger partial charge in [0.2, 0.25) is 11.0 Å². The van der Waals surface area contributed by atoms with E-state index in [-0.39, 0.29) is 11.7 Å². The van der Waals surface area contributed by atoms with Gasteiger partial charge in [0.1, 0.15) is 11.3 Å². The number of aromatic nitrogens is 2. The van der Waals surface area contributed by atoms with E-state index in [1.807, 2.05) is 24.3 Å². The number of urea groups is 1. The molecule has 1 aromatic carbocycles. The second-order valence-electron chi connectivity index (χ2n) is 7.26. The van der Waals surface area contributed by atoms with Gasteiger partial charge in [-0.25, -0.2) is 4.79 Å². The Morgan fingerprint density at radius 3 is 2.68 bits per heavy atom. The zero-order valence-corrected chi connectivity index (χ0v) is 18.5. The minimum Gasteiger partial charge on any atom is -0.497 e. The molecule has 164 valence electrons. The molecule has 1 aliphatic heterocycles. The third kappa shape index (κ3) is 4.74. The van der Waals surface area contributed by atoms with Gasteiger partial charge in [-0.3, -0.25) is 15.0 Å². The summed E-state index contributed by atoms with van der Waals surface area (Å²) in [6, 6.07) is 6.80. The van der Waals surface area contributed by atoms with Crippen LogP contribution in [0.15, 0.2) is 28.6 Å². The summed E-state index contributed by atoms with van der Waals surface area (Å²) in [6.07, 6.45) is 4.02. The molecule has 0 radical (unpaired) electrons. The number of methoxy groups -OCH3 is 1. The van der Waals surface area contributed by atoms with E-state index in [9.17, 15) is 14.4 Å². The Hall–Kier alpha value is -2.86. The molecule has 3 N–H and O–H groups in total. The summed E-state index contributed by atoms with van der Waals surface area (Å²) < 4.78 is 5.72. The van der Waals surface area contributed by atoms with Crippen LogP contribution in [0.3, 0.4) is 0 Å². The Kier molecular flexibility index (Phi) is 6.28. The molecule has 1 aliphatic carbocycles. The molecule has 4 rings (SSSR count). The average Bonchev–Trinajstić information content (AvgIpc) is 3.31. The van der Waals surface area contributed by atoms with E-state index >= 15 is 0 Å². The summed E-state index contributed by atoms with van der Waals surface area (Å²) in [5, 5.41) is 15.4. The standard InChI is InChI=1S/C19H22N6O4S2/c1-29-13-7-5-12(6-8-13)20-16-22-23-18(31-16)30-11-14(26)24-25-15(27)19(21-17(25)28)9-3-2-4-10-19/h5-8H,2-4,9-11H2,1H3,(H,20,22)(H,21,28)(H,24,26). The van der Waals surface area contributed by atoms with Crippen molar-refractivity contribution in [2.45, 2.75) is 42.0 Å². The van der Waals surface area contributed by atoms with Crippen molar-refractivity contribution >= 4 is 51.8 Å². The third-order valence-electron chi connectivity index (χ3n) is 5.18. The molecule has 1 saturated carbocycles. The SMILES string of the molecule is COc1ccc(Nc2nnc(SCC(=O)NN3C(=O)NC4(CCCCC4)C3=O)s2)cc1. The van der Waals surface area contributed by atoms with E-state index in [4.69, 9.17) is 4.74 Å². The first-order valence-corrected chi connectivity index (χ1v) is 11.6. The number of hydrogen-bond acceptors (Lipinski definition) is 9. The highest BCUT2D eigenvalue weighted by atomic mass is 32.2. The van der Waals surface area contributed by atoms with Gasteiger partial charge in [0.25, 0.3) is 5.91 Å². The number of carbonyl (C=O) groups is 3. The molecule has 0 atom stereocenters. The number of amides is 4. The lowest BCUT2D eigenvalue weighted by molar-refractivity contribution is -0.139. The Morgan fingerprint density at radius 2 is 1.97 bits per heavy atom. The zero-order valence-electron chi connectivity index (χ0n) is 16.8. The first-order valence-electron chi connectivity index (χ1n) is 9.83. The van der Waals surface area contributed by atoms with Crippen LogP contribution in [0, 0.1) is 0 Å². The minimum atomic E-state index is -0.864. The fourth-order valence-electron chi connectivity index (χ4n) is 3.62. The fraction of sp³-hybridized carbons (Fsp3) is 0.421. The number of anilines is 2. The van der Waals surface area contributed by atoms with Gasteiger partial charge < -0.3 is 15.4 Å². The minimum absolute atomic E-state index is 0.00122. The highest BCUT2D eigenvalue weighted by molar-refractivity contribution is 8.01. The van der Waals surface area contributed by atoms with E-state index in [1.54, 1.807) is 7.11 Å². The number of rotatable bonds is 7. The van der Waals surface area contributed by atoms with Crippen molar-refractivity contribution in [3.63, 3.8) is 0 Å².